The van der Waals surface area contributed by atoms with E-state index in [1.165, 1.54) is 141 Å². The molecule has 0 heterocycles. The lowest BCUT2D eigenvalue weighted by Gasteiger charge is -2.18. The second-order valence-corrected chi connectivity index (χ2v) is 19.9. The summed E-state index contributed by atoms with van der Waals surface area (Å²) in [4.78, 5) is 38.3. The SMILES string of the molecule is CC/C=C\C/C=C\C/C=C\C/C=C\C/C=C\CCCC(=O)OCC(COC(=O)CCCCCCCCCCC/C=C\C/C=C\CCCCC)OC(=O)CCCCCCCCCCC/C=C\C/C=C\CCCCC. The highest BCUT2D eigenvalue weighted by molar-refractivity contribution is 5.71. The number of carbonyl (C=O) groups is 3. The second-order valence-electron chi connectivity index (χ2n) is 19.9. The van der Waals surface area contributed by atoms with Crippen molar-refractivity contribution in [1.29, 1.82) is 0 Å². The topological polar surface area (TPSA) is 78.9 Å². The number of rotatable bonds is 54. The Morgan fingerprint density at radius 1 is 0.288 bits per heavy atom. The van der Waals surface area contributed by atoms with E-state index in [-0.39, 0.29) is 37.5 Å². The molecule has 0 aliphatic rings. The fraction of sp³-hybridized carbons (Fsp3) is 0.687. The molecule has 1 unspecified atom stereocenters. The third kappa shape index (κ3) is 58.8. The molecule has 0 spiro atoms. The van der Waals surface area contributed by atoms with E-state index >= 15 is 0 Å². The highest BCUT2D eigenvalue weighted by Crippen LogP contribution is 2.15. The summed E-state index contributed by atoms with van der Waals surface area (Å²) in [7, 11) is 0. The molecular weight excluding hydrogens is 901 g/mol. The first-order valence-electron chi connectivity index (χ1n) is 30.4. The van der Waals surface area contributed by atoms with E-state index in [1.807, 2.05) is 0 Å². The summed E-state index contributed by atoms with van der Waals surface area (Å²) in [5, 5.41) is 0. The Labute approximate surface area is 450 Å². The van der Waals surface area contributed by atoms with Gasteiger partial charge in [-0.2, -0.15) is 0 Å². The number of hydrogen-bond acceptors (Lipinski definition) is 6. The number of esters is 3. The molecule has 0 amide bonds. The Kier molecular flexibility index (Phi) is 57.4. The van der Waals surface area contributed by atoms with Crippen LogP contribution in [0.25, 0.3) is 0 Å². The molecule has 0 saturated carbocycles. The molecule has 0 N–H and O–H groups in total. The molecule has 6 heteroatoms. The van der Waals surface area contributed by atoms with E-state index in [0.717, 1.165) is 89.9 Å². The van der Waals surface area contributed by atoms with Crippen LogP contribution in [-0.4, -0.2) is 37.2 Å². The maximum absolute atomic E-state index is 12.9. The molecule has 0 bridgehead atoms. The Hall–Kier alpha value is -3.93. The number of unbranched alkanes of at least 4 members (excludes halogenated alkanes) is 25. The van der Waals surface area contributed by atoms with Crippen LogP contribution in [0.4, 0.5) is 0 Å². The maximum Gasteiger partial charge on any atom is 0.306 e. The van der Waals surface area contributed by atoms with Crippen molar-refractivity contribution >= 4 is 17.9 Å². The maximum atomic E-state index is 12.9. The molecular formula is C67H112O6. The monoisotopic (exact) mass is 1010 g/mol. The van der Waals surface area contributed by atoms with Gasteiger partial charge in [0, 0.05) is 19.3 Å². The van der Waals surface area contributed by atoms with Crippen molar-refractivity contribution in [3.05, 3.63) is 109 Å². The van der Waals surface area contributed by atoms with Crippen molar-refractivity contribution in [3.63, 3.8) is 0 Å². The van der Waals surface area contributed by atoms with Crippen LogP contribution in [0.3, 0.4) is 0 Å². The third-order valence-electron chi connectivity index (χ3n) is 12.7. The smallest absolute Gasteiger partial charge is 0.306 e. The van der Waals surface area contributed by atoms with E-state index < -0.39 is 6.10 Å². The van der Waals surface area contributed by atoms with Crippen LogP contribution in [0.1, 0.15) is 278 Å². The summed E-state index contributed by atoms with van der Waals surface area (Å²) < 4.78 is 16.9. The number of allylic oxidation sites excluding steroid dienone is 18. The van der Waals surface area contributed by atoms with Crippen LogP contribution in [0.2, 0.25) is 0 Å². The zero-order chi connectivity index (χ0) is 52.9. The van der Waals surface area contributed by atoms with Crippen LogP contribution < -0.4 is 0 Å². The van der Waals surface area contributed by atoms with Crippen molar-refractivity contribution in [3.8, 4) is 0 Å². The van der Waals surface area contributed by atoms with Crippen molar-refractivity contribution in [2.75, 3.05) is 13.2 Å². The molecule has 1 atom stereocenters. The van der Waals surface area contributed by atoms with E-state index in [2.05, 4.69) is 130 Å². The number of ether oxygens (including phenoxy) is 3. The van der Waals surface area contributed by atoms with Crippen LogP contribution in [0, 0.1) is 0 Å². The Balaban J connectivity index is 4.48. The minimum Gasteiger partial charge on any atom is -0.462 e. The highest BCUT2D eigenvalue weighted by atomic mass is 16.6. The molecule has 0 aromatic heterocycles. The minimum absolute atomic E-state index is 0.101. The molecule has 73 heavy (non-hydrogen) atoms. The summed E-state index contributed by atoms with van der Waals surface area (Å²) >= 11 is 0. The molecule has 0 saturated heterocycles. The van der Waals surface area contributed by atoms with Crippen LogP contribution in [0.5, 0.6) is 0 Å². The third-order valence-corrected chi connectivity index (χ3v) is 12.7. The molecule has 0 rings (SSSR count). The summed E-state index contributed by atoms with van der Waals surface area (Å²) in [6, 6.07) is 0. The van der Waals surface area contributed by atoms with Gasteiger partial charge in [0.25, 0.3) is 0 Å². The van der Waals surface area contributed by atoms with Crippen LogP contribution >= 0.6 is 0 Å². The first kappa shape index (κ1) is 69.1. The first-order chi connectivity index (χ1) is 36.0. The Morgan fingerprint density at radius 3 is 0.890 bits per heavy atom. The minimum atomic E-state index is -0.808. The number of hydrogen-bond donors (Lipinski definition) is 0. The lowest BCUT2D eigenvalue weighted by atomic mass is 10.1. The molecule has 416 valence electrons. The molecule has 0 aromatic rings. The van der Waals surface area contributed by atoms with Gasteiger partial charge < -0.3 is 14.2 Å². The second kappa shape index (κ2) is 60.6. The fourth-order valence-corrected chi connectivity index (χ4v) is 8.19. The largest absolute Gasteiger partial charge is 0.462 e. The molecule has 0 aliphatic carbocycles. The number of carbonyl (C=O) groups excluding carboxylic acids is 3. The van der Waals surface area contributed by atoms with Gasteiger partial charge in [-0.3, -0.25) is 14.4 Å². The van der Waals surface area contributed by atoms with Crippen molar-refractivity contribution in [2.24, 2.45) is 0 Å². The standard InChI is InChI=1S/C67H112O6/c1-4-7-10-13-16-19-22-25-28-31-33-36-39-42-45-48-51-54-57-60-66(69)72-63-64(62-71-65(68)59-56-53-50-47-44-41-38-35-30-27-24-21-18-15-12-9-6-3)73-67(70)61-58-55-52-49-46-43-40-37-34-32-29-26-23-20-17-14-11-8-5-2/h9,12,16-21,25-30,38,41,47,50,64H,4-8,10-11,13-15,22-24,31-37,39-40,42-46,48-49,51-63H2,1-3H3/b12-9-,19-16-,20-17-,21-18-,28-25-,29-26-,30-27-,41-38-,50-47-. The van der Waals surface area contributed by atoms with Gasteiger partial charge >= 0.3 is 17.9 Å². The molecule has 0 radical (unpaired) electrons. The van der Waals surface area contributed by atoms with Gasteiger partial charge in [0.05, 0.1) is 0 Å². The van der Waals surface area contributed by atoms with Crippen molar-refractivity contribution in [1.82, 2.24) is 0 Å². The Bertz CT molecular complexity index is 1490. The predicted octanol–water partition coefficient (Wildman–Crippen LogP) is 20.7. The predicted molar refractivity (Wildman–Crippen MR) is 316 cm³/mol. The lowest BCUT2D eigenvalue weighted by molar-refractivity contribution is -0.167. The van der Waals surface area contributed by atoms with Gasteiger partial charge in [0.2, 0.25) is 0 Å². The summed E-state index contributed by atoms with van der Waals surface area (Å²) in [5.41, 5.74) is 0. The molecule has 0 aliphatic heterocycles. The molecule has 6 nitrogen and oxygen atoms in total. The summed E-state index contributed by atoms with van der Waals surface area (Å²) in [5.74, 6) is -0.965. The van der Waals surface area contributed by atoms with E-state index in [1.54, 1.807) is 0 Å². The van der Waals surface area contributed by atoms with Gasteiger partial charge in [-0.1, -0.05) is 246 Å². The molecule has 0 aromatic carbocycles. The van der Waals surface area contributed by atoms with Gasteiger partial charge in [0.15, 0.2) is 6.10 Å². The van der Waals surface area contributed by atoms with Crippen molar-refractivity contribution < 1.29 is 28.6 Å². The van der Waals surface area contributed by atoms with Crippen LogP contribution in [-0.2, 0) is 28.6 Å². The van der Waals surface area contributed by atoms with E-state index in [0.29, 0.717) is 19.3 Å². The van der Waals surface area contributed by atoms with Gasteiger partial charge in [0.1, 0.15) is 13.2 Å². The van der Waals surface area contributed by atoms with Gasteiger partial charge in [-0.05, 0) is 122 Å². The fourth-order valence-electron chi connectivity index (χ4n) is 8.19. The normalized spacial score (nSPS) is 12.9. The lowest BCUT2D eigenvalue weighted by Crippen LogP contribution is -2.30. The van der Waals surface area contributed by atoms with Gasteiger partial charge in [-0.15, -0.1) is 0 Å². The highest BCUT2D eigenvalue weighted by Gasteiger charge is 2.19. The van der Waals surface area contributed by atoms with Crippen LogP contribution in [0.15, 0.2) is 109 Å². The Morgan fingerprint density at radius 2 is 0.548 bits per heavy atom. The van der Waals surface area contributed by atoms with E-state index in [4.69, 9.17) is 14.2 Å². The average Bonchev–Trinajstić information content (AvgIpc) is 3.39. The first-order valence-corrected chi connectivity index (χ1v) is 30.4. The zero-order valence-corrected chi connectivity index (χ0v) is 47.6. The quantitative estimate of drug-likeness (QED) is 0.0261. The molecule has 0 fully saturated rings. The van der Waals surface area contributed by atoms with Gasteiger partial charge in [-0.25, -0.2) is 0 Å². The van der Waals surface area contributed by atoms with Crippen molar-refractivity contribution in [2.45, 2.75) is 284 Å². The summed E-state index contributed by atoms with van der Waals surface area (Å²) in [6.07, 6.45) is 82.3. The van der Waals surface area contributed by atoms with E-state index in [9.17, 15) is 14.4 Å². The summed E-state index contributed by atoms with van der Waals surface area (Å²) in [6.45, 7) is 6.44. The zero-order valence-electron chi connectivity index (χ0n) is 47.6. The average molecular weight is 1010 g/mol.